The van der Waals surface area contributed by atoms with E-state index in [-0.39, 0.29) is 22.5 Å². The lowest BCUT2D eigenvalue weighted by atomic mass is 10.0. The number of carbonyl (C=O) groups excluding carboxylic acids is 1. The highest BCUT2D eigenvalue weighted by Crippen LogP contribution is 2.32. The highest BCUT2D eigenvalue weighted by Gasteiger charge is 2.31. The van der Waals surface area contributed by atoms with Gasteiger partial charge in [-0.2, -0.15) is 18.3 Å². The van der Waals surface area contributed by atoms with Crippen LogP contribution in [0.4, 0.5) is 19.0 Å². The Hall–Kier alpha value is -3.76. The first-order valence-corrected chi connectivity index (χ1v) is 9.74. The monoisotopic (exact) mass is 444 g/mol. The molecule has 0 aliphatic heterocycles. The number of rotatable bonds is 4. The molecule has 4 aromatic rings. The molecule has 32 heavy (non-hydrogen) atoms. The third kappa shape index (κ3) is 3.93. The fraction of sp³-hybridized carbons (Fsp3) is 0.286. The van der Waals surface area contributed by atoms with Crippen molar-refractivity contribution in [3.8, 4) is 0 Å². The number of pyridine rings is 1. The number of imidazole rings is 1. The Morgan fingerprint density at radius 3 is 2.59 bits per heavy atom. The summed E-state index contributed by atoms with van der Waals surface area (Å²) >= 11 is 0. The van der Waals surface area contributed by atoms with Gasteiger partial charge in [-0.1, -0.05) is 13.8 Å². The molecular formula is C21H19F3N6O2. The maximum absolute atomic E-state index is 13.1. The number of halogens is 3. The molecule has 4 rings (SSSR count). The number of amides is 1. The molecule has 0 radical (unpaired) electrons. The molecule has 0 fully saturated rings. The Morgan fingerprint density at radius 1 is 1.16 bits per heavy atom. The van der Waals surface area contributed by atoms with E-state index in [2.05, 4.69) is 20.4 Å². The molecular weight excluding hydrogens is 425 g/mol. The van der Waals surface area contributed by atoms with E-state index in [0.717, 1.165) is 28.4 Å². The summed E-state index contributed by atoms with van der Waals surface area (Å²) in [6.45, 7) is 3.09. The van der Waals surface area contributed by atoms with Crippen molar-refractivity contribution in [2.45, 2.75) is 32.5 Å². The number of hydrogen-bond donors (Lipinski definition) is 1. The summed E-state index contributed by atoms with van der Waals surface area (Å²) in [5.74, 6) is -0.568. The van der Waals surface area contributed by atoms with E-state index in [4.69, 9.17) is 0 Å². The van der Waals surface area contributed by atoms with Crippen molar-refractivity contribution in [1.82, 2.24) is 24.3 Å². The number of anilines is 1. The van der Waals surface area contributed by atoms with Crippen LogP contribution < -0.4 is 10.9 Å². The summed E-state index contributed by atoms with van der Waals surface area (Å²) in [5.41, 5.74) is 0.0246. The summed E-state index contributed by atoms with van der Waals surface area (Å²) in [7, 11) is 1.82. The smallest absolute Gasteiger partial charge is 0.332 e. The fourth-order valence-electron chi connectivity index (χ4n) is 3.42. The van der Waals surface area contributed by atoms with Crippen LogP contribution >= 0.6 is 0 Å². The van der Waals surface area contributed by atoms with E-state index in [1.807, 2.05) is 7.05 Å². The van der Waals surface area contributed by atoms with E-state index in [1.165, 1.54) is 0 Å². The number of nitrogens with zero attached hydrogens (tertiary/aromatic N) is 5. The number of alkyl halides is 3. The van der Waals surface area contributed by atoms with E-state index in [1.54, 1.807) is 36.9 Å². The zero-order valence-electron chi connectivity index (χ0n) is 17.4. The molecule has 0 aliphatic rings. The summed E-state index contributed by atoms with van der Waals surface area (Å²) in [6, 6.07) is 6.26. The second-order valence-electron chi connectivity index (χ2n) is 7.70. The quantitative estimate of drug-likeness (QED) is 0.520. The largest absolute Gasteiger partial charge is 0.416 e. The van der Waals surface area contributed by atoms with Crippen LogP contribution in [0.3, 0.4) is 0 Å². The SMILES string of the molecule is CC(C)c1nn(CC(=O)Nc2ccc3c(ncn3C)n2)c(=O)c2ccc(C(F)(F)F)cc12. The normalized spacial score (nSPS) is 12.1. The third-order valence-corrected chi connectivity index (χ3v) is 5.01. The van der Waals surface area contributed by atoms with Crippen molar-refractivity contribution in [2.24, 2.45) is 7.05 Å². The Bertz CT molecular complexity index is 1400. The number of hydrogen-bond acceptors (Lipinski definition) is 5. The van der Waals surface area contributed by atoms with Crippen LogP contribution in [0.2, 0.25) is 0 Å². The van der Waals surface area contributed by atoms with Gasteiger partial charge in [0.25, 0.3) is 5.56 Å². The maximum Gasteiger partial charge on any atom is 0.416 e. The minimum absolute atomic E-state index is 0.0672. The first kappa shape index (κ1) is 21.5. The zero-order valence-corrected chi connectivity index (χ0v) is 17.4. The molecule has 166 valence electrons. The molecule has 0 atom stereocenters. The number of fused-ring (bicyclic) bond motifs is 2. The van der Waals surface area contributed by atoms with Gasteiger partial charge in [-0.25, -0.2) is 14.6 Å². The van der Waals surface area contributed by atoms with E-state index in [9.17, 15) is 22.8 Å². The molecule has 1 amide bonds. The van der Waals surface area contributed by atoms with Gasteiger partial charge in [0, 0.05) is 12.4 Å². The predicted molar refractivity (Wildman–Crippen MR) is 112 cm³/mol. The van der Waals surface area contributed by atoms with Crippen molar-refractivity contribution in [2.75, 3.05) is 5.32 Å². The van der Waals surface area contributed by atoms with E-state index >= 15 is 0 Å². The number of aromatic nitrogens is 5. The van der Waals surface area contributed by atoms with Gasteiger partial charge in [-0.15, -0.1) is 0 Å². The van der Waals surface area contributed by atoms with Crippen molar-refractivity contribution >= 4 is 33.7 Å². The lowest BCUT2D eigenvalue weighted by Crippen LogP contribution is -2.31. The van der Waals surface area contributed by atoms with Gasteiger partial charge < -0.3 is 9.88 Å². The average Bonchev–Trinajstić information content (AvgIpc) is 3.09. The van der Waals surface area contributed by atoms with E-state index in [0.29, 0.717) is 11.3 Å². The number of aryl methyl sites for hydroxylation is 1. The minimum atomic E-state index is -4.54. The van der Waals surface area contributed by atoms with Gasteiger partial charge in [-0.3, -0.25) is 9.59 Å². The lowest BCUT2D eigenvalue weighted by Gasteiger charge is -2.15. The Labute approximate surface area is 179 Å². The van der Waals surface area contributed by atoms with Crippen LogP contribution in [0.1, 0.15) is 31.0 Å². The molecule has 1 aromatic carbocycles. The Morgan fingerprint density at radius 2 is 1.91 bits per heavy atom. The van der Waals surface area contributed by atoms with Gasteiger partial charge in [0.2, 0.25) is 5.91 Å². The first-order chi connectivity index (χ1) is 15.0. The second kappa shape index (κ2) is 7.74. The molecule has 0 spiro atoms. The topological polar surface area (TPSA) is 94.7 Å². The molecule has 3 heterocycles. The van der Waals surface area contributed by atoms with Crippen molar-refractivity contribution < 1.29 is 18.0 Å². The summed E-state index contributed by atoms with van der Waals surface area (Å²) < 4.78 is 42.2. The van der Waals surface area contributed by atoms with Gasteiger partial charge in [-0.05, 0) is 36.2 Å². The van der Waals surface area contributed by atoms with Crippen LogP contribution in [0, 0.1) is 0 Å². The van der Waals surface area contributed by atoms with Gasteiger partial charge in [0.15, 0.2) is 5.65 Å². The molecule has 3 aromatic heterocycles. The average molecular weight is 444 g/mol. The molecule has 8 nitrogen and oxygen atoms in total. The number of nitrogens with one attached hydrogen (secondary N) is 1. The molecule has 0 bridgehead atoms. The van der Waals surface area contributed by atoms with Crippen molar-refractivity contribution in [1.29, 1.82) is 0 Å². The summed E-state index contributed by atoms with van der Waals surface area (Å²) in [5, 5.41) is 6.99. The first-order valence-electron chi connectivity index (χ1n) is 9.74. The maximum atomic E-state index is 13.1. The highest BCUT2D eigenvalue weighted by atomic mass is 19.4. The van der Waals surface area contributed by atoms with Gasteiger partial charge in [0.05, 0.1) is 28.5 Å². The lowest BCUT2D eigenvalue weighted by molar-refractivity contribution is -0.137. The third-order valence-electron chi connectivity index (χ3n) is 5.01. The fourth-order valence-corrected chi connectivity index (χ4v) is 3.42. The number of carbonyl (C=O) groups is 1. The van der Waals surface area contributed by atoms with Gasteiger partial charge in [0.1, 0.15) is 12.4 Å². The second-order valence-corrected chi connectivity index (χ2v) is 7.70. The highest BCUT2D eigenvalue weighted by molar-refractivity contribution is 5.91. The standard InChI is InChI=1S/C21H19F3N6O2/c1-11(2)18-14-8-12(21(22,23)24)4-5-13(14)20(32)30(28-18)9-17(31)26-16-7-6-15-19(27-16)25-10-29(15)3/h4-8,10-11H,9H2,1-3H3,(H,26,27,31). The molecule has 11 heteroatoms. The van der Waals surface area contributed by atoms with Gasteiger partial charge >= 0.3 is 6.18 Å². The van der Waals surface area contributed by atoms with Crippen molar-refractivity contribution in [3.63, 3.8) is 0 Å². The zero-order chi connectivity index (χ0) is 23.2. The molecule has 0 aliphatic carbocycles. The van der Waals surface area contributed by atoms with Crippen LogP contribution in [-0.2, 0) is 24.6 Å². The summed E-state index contributed by atoms with van der Waals surface area (Å²) in [4.78, 5) is 33.8. The van der Waals surface area contributed by atoms with E-state index < -0.39 is 29.8 Å². The van der Waals surface area contributed by atoms with Crippen LogP contribution in [0.25, 0.3) is 21.9 Å². The minimum Gasteiger partial charge on any atom is -0.332 e. The molecule has 1 N–H and O–H groups in total. The Kier molecular flexibility index (Phi) is 5.19. The predicted octanol–water partition coefficient (Wildman–Crippen LogP) is 3.46. The molecule has 0 saturated carbocycles. The summed E-state index contributed by atoms with van der Waals surface area (Å²) in [6.07, 6.45) is -2.95. The molecule has 0 saturated heterocycles. The van der Waals surface area contributed by atoms with Crippen LogP contribution in [-0.4, -0.2) is 30.2 Å². The Balaban J connectivity index is 1.67. The number of benzene rings is 1. The molecule has 0 unspecified atom stereocenters. The van der Waals surface area contributed by atoms with Crippen molar-refractivity contribution in [3.05, 3.63) is 58.3 Å². The van der Waals surface area contributed by atoms with Crippen LogP contribution in [0.15, 0.2) is 41.5 Å². The van der Waals surface area contributed by atoms with Crippen LogP contribution in [0.5, 0.6) is 0 Å².